The number of carbonyl (C=O) groups excluding carboxylic acids is 1. The molecule has 0 aromatic rings. The minimum absolute atomic E-state index is 0.181. The summed E-state index contributed by atoms with van der Waals surface area (Å²) in [6.45, 7) is 8.47. The molecule has 2 fully saturated rings. The number of piperidine rings is 1. The number of nitrogens with one attached hydrogen (secondary N) is 2. The zero-order chi connectivity index (χ0) is 14.2. The van der Waals surface area contributed by atoms with E-state index in [1.54, 1.807) is 0 Å². The van der Waals surface area contributed by atoms with E-state index < -0.39 is 0 Å². The van der Waals surface area contributed by atoms with E-state index in [2.05, 4.69) is 22.5 Å². The van der Waals surface area contributed by atoms with Crippen molar-refractivity contribution in [2.75, 3.05) is 45.9 Å². The van der Waals surface area contributed by atoms with Crippen molar-refractivity contribution >= 4 is 5.91 Å². The Morgan fingerprint density at radius 1 is 1.30 bits per heavy atom. The van der Waals surface area contributed by atoms with E-state index in [9.17, 15) is 4.79 Å². The monoisotopic (exact) mass is 283 g/mol. The van der Waals surface area contributed by atoms with Gasteiger partial charge in [-0.15, -0.1) is 0 Å². The van der Waals surface area contributed by atoms with Crippen molar-refractivity contribution in [1.82, 2.24) is 15.5 Å². The molecule has 0 spiro atoms. The van der Waals surface area contributed by atoms with Crippen LogP contribution < -0.4 is 10.6 Å². The van der Waals surface area contributed by atoms with Crippen molar-refractivity contribution in [3.63, 3.8) is 0 Å². The molecule has 5 nitrogen and oxygen atoms in total. The molecule has 20 heavy (non-hydrogen) atoms. The SMILES string of the molecule is CCNCC1CCCN(CC(=O)NC2CCOCC2)C1. The van der Waals surface area contributed by atoms with E-state index in [1.165, 1.54) is 12.8 Å². The molecule has 116 valence electrons. The van der Waals surface area contributed by atoms with Crippen molar-refractivity contribution in [2.24, 2.45) is 5.92 Å². The second-order valence-electron chi connectivity index (χ2n) is 6.01. The van der Waals surface area contributed by atoms with Gasteiger partial charge in [0.1, 0.15) is 0 Å². The summed E-state index contributed by atoms with van der Waals surface area (Å²) in [5, 5.41) is 6.56. The smallest absolute Gasteiger partial charge is 0.234 e. The Morgan fingerprint density at radius 3 is 2.85 bits per heavy atom. The first-order valence-electron chi connectivity index (χ1n) is 8.08. The number of amides is 1. The summed E-state index contributed by atoms with van der Waals surface area (Å²) in [5.74, 6) is 0.876. The van der Waals surface area contributed by atoms with Gasteiger partial charge >= 0.3 is 0 Å². The lowest BCUT2D eigenvalue weighted by Crippen LogP contribution is -2.47. The van der Waals surface area contributed by atoms with Gasteiger partial charge in [-0.3, -0.25) is 9.69 Å². The Kier molecular flexibility index (Phi) is 6.76. The molecule has 2 heterocycles. The highest BCUT2D eigenvalue weighted by molar-refractivity contribution is 5.78. The molecule has 0 bridgehead atoms. The van der Waals surface area contributed by atoms with Crippen LogP contribution in [0.5, 0.6) is 0 Å². The van der Waals surface area contributed by atoms with Crippen molar-refractivity contribution in [2.45, 2.75) is 38.6 Å². The van der Waals surface area contributed by atoms with Gasteiger partial charge in [-0.25, -0.2) is 0 Å². The third-order valence-corrected chi connectivity index (χ3v) is 4.24. The van der Waals surface area contributed by atoms with E-state index in [-0.39, 0.29) is 5.91 Å². The Hall–Kier alpha value is -0.650. The molecule has 2 rings (SSSR count). The molecular formula is C15H29N3O2. The number of ether oxygens (including phenoxy) is 1. The van der Waals surface area contributed by atoms with Crippen LogP contribution >= 0.6 is 0 Å². The summed E-state index contributed by atoms with van der Waals surface area (Å²) in [6, 6.07) is 0.318. The van der Waals surface area contributed by atoms with Gasteiger partial charge in [0.2, 0.25) is 5.91 Å². The lowest BCUT2D eigenvalue weighted by molar-refractivity contribution is -0.124. The van der Waals surface area contributed by atoms with Crippen molar-refractivity contribution in [3.8, 4) is 0 Å². The molecule has 1 unspecified atom stereocenters. The van der Waals surface area contributed by atoms with Crippen LogP contribution in [0.2, 0.25) is 0 Å². The number of rotatable bonds is 6. The summed E-state index contributed by atoms with van der Waals surface area (Å²) < 4.78 is 5.31. The first-order valence-corrected chi connectivity index (χ1v) is 8.08. The fourth-order valence-electron chi connectivity index (χ4n) is 3.13. The molecule has 2 saturated heterocycles. The summed E-state index contributed by atoms with van der Waals surface area (Å²) >= 11 is 0. The van der Waals surface area contributed by atoms with E-state index >= 15 is 0 Å². The largest absolute Gasteiger partial charge is 0.381 e. The Balaban J connectivity index is 1.67. The van der Waals surface area contributed by atoms with E-state index in [0.717, 1.165) is 52.2 Å². The molecule has 1 atom stereocenters. The highest BCUT2D eigenvalue weighted by atomic mass is 16.5. The van der Waals surface area contributed by atoms with Crippen molar-refractivity contribution in [1.29, 1.82) is 0 Å². The predicted molar refractivity (Wildman–Crippen MR) is 79.7 cm³/mol. The molecule has 2 N–H and O–H groups in total. The van der Waals surface area contributed by atoms with E-state index in [1.807, 2.05) is 0 Å². The maximum atomic E-state index is 12.1. The normalized spacial score (nSPS) is 25.6. The van der Waals surface area contributed by atoms with Crippen molar-refractivity contribution < 1.29 is 9.53 Å². The standard InChI is InChI=1S/C15H29N3O2/c1-2-16-10-13-4-3-7-18(11-13)12-15(19)17-14-5-8-20-9-6-14/h13-14,16H,2-12H2,1H3,(H,17,19). The molecular weight excluding hydrogens is 254 g/mol. The zero-order valence-corrected chi connectivity index (χ0v) is 12.7. The lowest BCUT2D eigenvalue weighted by atomic mass is 9.98. The summed E-state index contributed by atoms with van der Waals surface area (Å²) in [7, 11) is 0. The highest BCUT2D eigenvalue weighted by Crippen LogP contribution is 2.15. The topological polar surface area (TPSA) is 53.6 Å². The molecule has 0 aliphatic carbocycles. The second-order valence-corrected chi connectivity index (χ2v) is 6.01. The number of carbonyl (C=O) groups is 1. The average Bonchev–Trinajstić information content (AvgIpc) is 2.46. The molecule has 2 aliphatic heterocycles. The van der Waals surface area contributed by atoms with Gasteiger partial charge in [-0.05, 0) is 51.2 Å². The first-order chi connectivity index (χ1) is 9.78. The molecule has 5 heteroatoms. The Bertz CT molecular complexity index is 293. The molecule has 0 aromatic heterocycles. The Morgan fingerprint density at radius 2 is 2.10 bits per heavy atom. The summed E-state index contributed by atoms with van der Waals surface area (Å²) in [4.78, 5) is 14.4. The average molecular weight is 283 g/mol. The van der Waals surface area contributed by atoms with E-state index in [0.29, 0.717) is 18.5 Å². The van der Waals surface area contributed by atoms with Crippen LogP contribution in [-0.4, -0.2) is 62.8 Å². The van der Waals surface area contributed by atoms with Gasteiger partial charge < -0.3 is 15.4 Å². The van der Waals surface area contributed by atoms with Gasteiger partial charge in [0, 0.05) is 25.8 Å². The zero-order valence-electron chi connectivity index (χ0n) is 12.7. The summed E-state index contributed by atoms with van der Waals surface area (Å²) in [6.07, 6.45) is 4.40. The van der Waals surface area contributed by atoms with Crippen molar-refractivity contribution in [3.05, 3.63) is 0 Å². The van der Waals surface area contributed by atoms with Gasteiger partial charge in [-0.1, -0.05) is 6.92 Å². The van der Waals surface area contributed by atoms with Crippen LogP contribution in [-0.2, 0) is 9.53 Å². The molecule has 2 aliphatic rings. The third-order valence-electron chi connectivity index (χ3n) is 4.24. The van der Waals surface area contributed by atoms with Gasteiger partial charge in [0.25, 0.3) is 0 Å². The summed E-state index contributed by atoms with van der Waals surface area (Å²) in [5.41, 5.74) is 0. The van der Waals surface area contributed by atoms with E-state index in [4.69, 9.17) is 4.74 Å². The van der Waals surface area contributed by atoms with Gasteiger partial charge in [0.05, 0.1) is 6.54 Å². The van der Waals surface area contributed by atoms with Gasteiger partial charge in [0.15, 0.2) is 0 Å². The quantitative estimate of drug-likeness (QED) is 0.750. The van der Waals surface area contributed by atoms with Crippen LogP contribution in [0.3, 0.4) is 0 Å². The third kappa shape index (κ3) is 5.38. The van der Waals surface area contributed by atoms with Crippen LogP contribution in [0, 0.1) is 5.92 Å². The second kappa shape index (κ2) is 8.60. The maximum Gasteiger partial charge on any atom is 0.234 e. The number of hydrogen-bond donors (Lipinski definition) is 2. The fourth-order valence-corrected chi connectivity index (χ4v) is 3.13. The van der Waals surface area contributed by atoms with Crippen LogP contribution in [0.25, 0.3) is 0 Å². The maximum absolute atomic E-state index is 12.1. The van der Waals surface area contributed by atoms with Crippen LogP contribution in [0.15, 0.2) is 0 Å². The fraction of sp³-hybridized carbons (Fsp3) is 0.933. The highest BCUT2D eigenvalue weighted by Gasteiger charge is 2.22. The molecule has 0 aromatic carbocycles. The molecule has 0 saturated carbocycles. The number of hydrogen-bond acceptors (Lipinski definition) is 4. The lowest BCUT2D eigenvalue weighted by Gasteiger charge is -2.33. The number of likely N-dealkylation sites (tertiary alicyclic amines) is 1. The predicted octanol–water partition coefficient (Wildman–Crippen LogP) is 0.603. The molecule has 0 radical (unpaired) electrons. The number of nitrogens with zero attached hydrogens (tertiary/aromatic N) is 1. The van der Waals surface area contributed by atoms with Crippen LogP contribution in [0.4, 0.5) is 0 Å². The first kappa shape index (κ1) is 15.7. The minimum atomic E-state index is 0.181. The van der Waals surface area contributed by atoms with Crippen LogP contribution in [0.1, 0.15) is 32.6 Å². The molecule has 1 amide bonds. The minimum Gasteiger partial charge on any atom is -0.381 e. The Labute approximate surface area is 122 Å². The van der Waals surface area contributed by atoms with Gasteiger partial charge in [-0.2, -0.15) is 0 Å².